The number of carbonyl (C=O) groups is 1. The number of carbonyl (C=O) groups excluding carboxylic acids is 1. The van der Waals surface area contributed by atoms with E-state index in [9.17, 15) is 4.79 Å². The SMILES string of the molecule is COc1ccc(CC(=O)NCC2CCCC(N)C2)cc1OC.Cl. The molecule has 1 fully saturated rings. The monoisotopic (exact) mass is 342 g/mol. The Bertz CT molecular complexity index is 511. The van der Waals surface area contributed by atoms with E-state index in [4.69, 9.17) is 15.2 Å². The van der Waals surface area contributed by atoms with Crippen LogP contribution >= 0.6 is 12.4 Å². The zero-order valence-electron chi connectivity index (χ0n) is 13.8. The summed E-state index contributed by atoms with van der Waals surface area (Å²) in [7, 11) is 3.19. The largest absolute Gasteiger partial charge is 0.493 e. The zero-order chi connectivity index (χ0) is 15.9. The number of nitrogens with two attached hydrogens (primary N) is 1. The molecule has 0 bridgehead atoms. The molecule has 130 valence electrons. The van der Waals surface area contributed by atoms with Gasteiger partial charge in [0.15, 0.2) is 11.5 Å². The van der Waals surface area contributed by atoms with E-state index in [-0.39, 0.29) is 18.3 Å². The lowest BCUT2D eigenvalue weighted by molar-refractivity contribution is -0.120. The number of rotatable bonds is 6. The Balaban J connectivity index is 0.00000264. The van der Waals surface area contributed by atoms with E-state index in [0.717, 1.165) is 37.8 Å². The highest BCUT2D eigenvalue weighted by molar-refractivity contribution is 5.85. The zero-order valence-corrected chi connectivity index (χ0v) is 14.7. The molecule has 0 radical (unpaired) electrons. The number of nitrogens with one attached hydrogen (secondary N) is 1. The molecular weight excluding hydrogens is 316 g/mol. The highest BCUT2D eigenvalue weighted by atomic mass is 35.5. The number of hydrogen-bond acceptors (Lipinski definition) is 4. The number of hydrogen-bond donors (Lipinski definition) is 2. The van der Waals surface area contributed by atoms with Crippen LogP contribution in [0.5, 0.6) is 11.5 Å². The van der Waals surface area contributed by atoms with Gasteiger partial charge in [0, 0.05) is 12.6 Å². The molecule has 0 heterocycles. The van der Waals surface area contributed by atoms with Crippen molar-refractivity contribution in [3.8, 4) is 11.5 Å². The van der Waals surface area contributed by atoms with Gasteiger partial charge in [-0.25, -0.2) is 0 Å². The number of benzene rings is 1. The van der Waals surface area contributed by atoms with Gasteiger partial charge in [0.25, 0.3) is 0 Å². The Hall–Kier alpha value is -1.46. The van der Waals surface area contributed by atoms with Crippen LogP contribution in [0.3, 0.4) is 0 Å². The first-order valence-electron chi connectivity index (χ1n) is 7.85. The first-order chi connectivity index (χ1) is 10.6. The van der Waals surface area contributed by atoms with Crippen molar-refractivity contribution < 1.29 is 14.3 Å². The maximum Gasteiger partial charge on any atom is 0.224 e. The fourth-order valence-corrected chi connectivity index (χ4v) is 3.01. The summed E-state index contributed by atoms with van der Waals surface area (Å²) in [6.45, 7) is 0.722. The average Bonchev–Trinajstić information content (AvgIpc) is 2.53. The van der Waals surface area contributed by atoms with Gasteiger partial charge in [-0.3, -0.25) is 4.79 Å². The third-order valence-electron chi connectivity index (χ3n) is 4.22. The van der Waals surface area contributed by atoms with Gasteiger partial charge in [0.1, 0.15) is 0 Å². The molecule has 1 amide bonds. The summed E-state index contributed by atoms with van der Waals surface area (Å²) in [6.07, 6.45) is 4.79. The maximum absolute atomic E-state index is 12.1. The third-order valence-corrected chi connectivity index (χ3v) is 4.22. The average molecular weight is 343 g/mol. The van der Waals surface area contributed by atoms with Crippen LogP contribution < -0.4 is 20.5 Å². The second kappa shape index (κ2) is 9.63. The van der Waals surface area contributed by atoms with E-state index in [1.807, 2.05) is 18.2 Å². The lowest BCUT2D eigenvalue weighted by Gasteiger charge is -2.26. The second-order valence-electron chi connectivity index (χ2n) is 5.96. The highest BCUT2D eigenvalue weighted by Gasteiger charge is 2.19. The van der Waals surface area contributed by atoms with Crippen LogP contribution in [-0.2, 0) is 11.2 Å². The van der Waals surface area contributed by atoms with Crippen LogP contribution in [0, 0.1) is 5.92 Å². The molecular formula is C17H27ClN2O3. The van der Waals surface area contributed by atoms with E-state index >= 15 is 0 Å². The molecule has 1 aromatic carbocycles. The normalized spacial score (nSPS) is 20.3. The van der Waals surface area contributed by atoms with E-state index in [0.29, 0.717) is 29.9 Å². The number of methoxy groups -OCH3 is 2. The molecule has 1 aliphatic rings. The second-order valence-corrected chi connectivity index (χ2v) is 5.96. The summed E-state index contributed by atoms with van der Waals surface area (Å²) in [5.41, 5.74) is 6.89. The predicted molar refractivity (Wildman–Crippen MR) is 93.4 cm³/mol. The summed E-state index contributed by atoms with van der Waals surface area (Å²) >= 11 is 0. The van der Waals surface area contributed by atoms with Crippen molar-refractivity contribution >= 4 is 18.3 Å². The highest BCUT2D eigenvalue weighted by Crippen LogP contribution is 2.27. The fourth-order valence-electron chi connectivity index (χ4n) is 3.01. The Morgan fingerprint density at radius 2 is 2.00 bits per heavy atom. The van der Waals surface area contributed by atoms with Gasteiger partial charge in [-0.1, -0.05) is 12.5 Å². The van der Waals surface area contributed by atoms with Crippen molar-refractivity contribution in [1.82, 2.24) is 5.32 Å². The van der Waals surface area contributed by atoms with Crippen molar-refractivity contribution in [2.24, 2.45) is 11.7 Å². The standard InChI is InChI=1S/C17H26N2O3.ClH/c1-21-15-7-6-12(9-16(15)22-2)10-17(20)19-11-13-4-3-5-14(18)8-13;/h6-7,9,13-14H,3-5,8,10-11,18H2,1-2H3,(H,19,20);1H. The molecule has 0 saturated heterocycles. The van der Waals surface area contributed by atoms with Crippen molar-refractivity contribution in [2.45, 2.75) is 38.1 Å². The van der Waals surface area contributed by atoms with Crippen LogP contribution in [0.4, 0.5) is 0 Å². The van der Waals surface area contributed by atoms with Crippen molar-refractivity contribution in [3.05, 3.63) is 23.8 Å². The first-order valence-corrected chi connectivity index (χ1v) is 7.85. The number of ether oxygens (including phenoxy) is 2. The molecule has 6 heteroatoms. The fraction of sp³-hybridized carbons (Fsp3) is 0.588. The van der Waals surface area contributed by atoms with Gasteiger partial charge in [0.05, 0.1) is 20.6 Å². The maximum atomic E-state index is 12.1. The van der Waals surface area contributed by atoms with E-state index in [2.05, 4.69) is 5.32 Å². The summed E-state index contributed by atoms with van der Waals surface area (Å²) in [5.74, 6) is 1.86. The molecule has 23 heavy (non-hydrogen) atoms. The molecule has 0 spiro atoms. The van der Waals surface area contributed by atoms with Crippen LogP contribution in [0.2, 0.25) is 0 Å². The minimum absolute atomic E-state index is 0. The molecule has 2 atom stereocenters. The van der Waals surface area contributed by atoms with Crippen molar-refractivity contribution in [2.75, 3.05) is 20.8 Å². The minimum atomic E-state index is 0. The molecule has 5 nitrogen and oxygen atoms in total. The topological polar surface area (TPSA) is 73.6 Å². The minimum Gasteiger partial charge on any atom is -0.493 e. The quantitative estimate of drug-likeness (QED) is 0.832. The third kappa shape index (κ3) is 5.92. The van der Waals surface area contributed by atoms with Gasteiger partial charge < -0.3 is 20.5 Å². The Morgan fingerprint density at radius 1 is 1.26 bits per heavy atom. The molecule has 3 N–H and O–H groups in total. The molecule has 1 aromatic rings. The predicted octanol–water partition coefficient (Wildman–Crippen LogP) is 2.30. The first kappa shape index (κ1) is 19.6. The summed E-state index contributed by atoms with van der Waals surface area (Å²) < 4.78 is 10.5. The van der Waals surface area contributed by atoms with Crippen LogP contribution in [0.25, 0.3) is 0 Å². The van der Waals surface area contributed by atoms with Crippen LogP contribution in [0.1, 0.15) is 31.2 Å². The molecule has 1 aliphatic carbocycles. The summed E-state index contributed by atoms with van der Waals surface area (Å²) in [4.78, 5) is 12.1. The Morgan fingerprint density at radius 3 is 2.65 bits per heavy atom. The number of halogens is 1. The van der Waals surface area contributed by atoms with E-state index in [1.54, 1.807) is 14.2 Å². The van der Waals surface area contributed by atoms with Crippen molar-refractivity contribution in [3.63, 3.8) is 0 Å². The van der Waals surface area contributed by atoms with Gasteiger partial charge >= 0.3 is 0 Å². The number of amides is 1. The lowest BCUT2D eigenvalue weighted by Crippen LogP contribution is -2.36. The van der Waals surface area contributed by atoms with Gasteiger partial charge in [-0.2, -0.15) is 0 Å². The van der Waals surface area contributed by atoms with Crippen LogP contribution in [-0.4, -0.2) is 32.7 Å². The van der Waals surface area contributed by atoms with E-state index in [1.165, 1.54) is 0 Å². The van der Waals surface area contributed by atoms with Crippen molar-refractivity contribution in [1.29, 1.82) is 0 Å². The van der Waals surface area contributed by atoms with E-state index < -0.39 is 0 Å². The lowest BCUT2D eigenvalue weighted by atomic mass is 9.86. The summed E-state index contributed by atoms with van der Waals surface area (Å²) in [5, 5.41) is 3.02. The molecule has 1 saturated carbocycles. The summed E-state index contributed by atoms with van der Waals surface area (Å²) in [6, 6.07) is 5.84. The van der Waals surface area contributed by atoms with Gasteiger partial charge in [-0.15, -0.1) is 12.4 Å². The molecule has 0 aliphatic heterocycles. The molecule has 2 rings (SSSR count). The Kier molecular flexibility index (Phi) is 8.20. The van der Waals surface area contributed by atoms with Crippen LogP contribution in [0.15, 0.2) is 18.2 Å². The van der Waals surface area contributed by atoms with Gasteiger partial charge in [0.2, 0.25) is 5.91 Å². The smallest absolute Gasteiger partial charge is 0.224 e. The molecule has 2 unspecified atom stereocenters. The van der Waals surface area contributed by atoms with Gasteiger partial charge in [-0.05, 0) is 42.9 Å². The molecule has 0 aromatic heterocycles. The Labute approximate surface area is 144 Å².